The molecule has 0 aromatic carbocycles. The van der Waals surface area contributed by atoms with Gasteiger partial charge in [0.15, 0.2) is 6.04 Å². The zero-order chi connectivity index (χ0) is 13.4. The topological polar surface area (TPSA) is 139 Å². The van der Waals surface area contributed by atoms with Crippen LogP contribution in [0.4, 0.5) is 0 Å². The number of nitrogens with two attached hydrogens (primary N) is 1. The lowest BCUT2D eigenvalue weighted by Gasteiger charge is -2.16. The highest BCUT2D eigenvalue weighted by Crippen LogP contribution is 1.94. The van der Waals surface area contributed by atoms with E-state index in [0.29, 0.717) is 0 Å². The van der Waals surface area contributed by atoms with E-state index in [1.807, 2.05) is 5.32 Å². The summed E-state index contributed by atoms with van der Waals surface area (Å²) in [7, 11) is 0. The van der Waals surface area contributed by atoms with Gasteiger partial charge in [0, 0.05) is 13.0 Å². The summed E-state index contributed by atoms with van der Waals surface area (Å²) in [5, 5.41) is 19.3. The van der Waals surface area contributed by atoms with Crippen molar-refractivity contribution in [2.24, 2.45) is 5.73 Å². The highest BCUT2D eigenvalue weighted by molar-refractivity contribution is 6.02. The highest BCUT2D eigenvalue weighted by atomic mass is 16.5. The minimum Gasteiger partial charge on any atom is -0.480 e. The van der Waals surface area contributed by atoms with Crippen molar-refractivity contribution in [1.29, 1.82) is 0 Å². The molecule has 1 unspecified atom stereocenters. The zero-order valence-electron chi connectivity index (χ0n) is 9.38. The fourth-order valence-corrected chi connectivity index (χ4v) is 0.987. The lowest BCUT2D eigenvalue weighted by atomic mass is 10.2. The number of hydrogen-bond acceptors (Lipinski definition) is 6. The van der Waals surface area contributed by atoms with Gasteiger partial charge in [-0.25, -0.2) is 9.59 Å². The summed E-state index contributed by atoms with van der Waals surface area (Å²) in [5.41, 5.74) is 5.25. The number of carbonyl (C=O) groups is 3. The number of nitrogens with one attached hydrogen (secondary N) is 1. The first-order valence-corrected chi connectivity index (χ1v) is 5.00. The van der Waals surface area contributed by atoms with Crippen LogP contribution in [0.25, 0.3) is 0 Å². The van der Waals surface area contributed by atoms with Crippen LogP contribution in [0.5, 0.6) is 0 Å². The Kier molecular flexibility index (Phi) is 6.83. The summed E-state index contributed by atoms with van der Waals surface area (Å²) in [6.07, 6.45) is -0.170. The molecule has 0 bridgehead atoms. The molecule has 0 radical (unpaired) electrons. The predicted molar refractivity (Wildman–Crippen MR) is 55.9 cm³/mol. The summed E-state index contributed by atoms with van der Waals surface area (Å²) in [5.74, 6) is -3.20. The van der Waals surface area contributed by atoms with Crippen molar-refractivity contribution in [2.45, 2.75) is 25.4 Å². The van der Waals surface area contributed by atoms with Gasteiger partial charge >= 0.3 is 11.9 Å². The summed E-state index contributed by atoms with van der Waals surface area (Å²) in [4.78, 5) is 33.1. The average Bonchev–Trinajstić information content (AvgIpc) is 2.27. The predicted octanol–water partition coefficient (Wildman–Crippen LogP) is -2.17. The third-order valence-electron chi connectivity index (χ3n) is 1.86. The van der Waals surface area contributed by atoms with Gasteiger partial charge in [-0.1, -0.05) is 0 Å². The van der Waals surface area contributed by atoms with Crippen LogP contribution in [0.15, 0.2) is 0 Å². The number of esters is 1. The molecule has 8 nitrogen and oxygen atoms in total. The van der Waals surface area contributed by atoms with Crippen LogP contribution in [0.3, 0.4) is 0 Å². The van der Waals surface area contributed by atoms with Crippen molar-refractivity contribution in [3.63, 3.8) is 0 Å². The van der Waals surface area contributed by atoms with Crippen LogP contribution < -0.4 is 11.1 Å². The number of carbonyl (C=O) groups excluding carboxylic acids is 2. The lowest BCUT2D eigenvalue weighted by molar-refractivity contribution is -0.150. The number of rotatable bonds is 7. The molecule has 98 valence electrons. The van der Waals surface area contributed by atoms with E-state index in [9.17, 15) is 14.4 Å². The molecule has 2 atom stereocenters. The third kappa shape index (κ3) is 5.27. The molecule has 0 aromatic heterocycles. The second-order valence-electron chi connectivity index (χ2n) is 3.14. The summed E-state index contributed by atoms with van der Waals surface area (Å²) >= 11 is 0. The van der Waals surface area contributed by atoms with E-state index in [2.05, 4.69) is 4.74 Å². The summed E-state index contributed by atoms with van der Waals surface area (Å²) in [6.45, 7) is 1.21. The van der Waals surface area contributed by atoms with Gasteiger partial charge in [0.05, 0.1) is 6.61 Å². The van der Waals surface area contributed by atoms with E-state index in [4.69, 9.17) is 15.9 Å². The number of ether oxygens (including phenoxy) is 1. The van der Waals surface area contributed by atoms with Gasteiger partial charge in [-0.3, -0.25) is 4.79 Å². The quantitative estimate of drug-likeness (QED) is 0.297. The Hall–Kier alpha value is -1.67. The number of aliphatic carboxylic acids is 1. The van der Waals surface area contributed by atoms with E-state index in [-0.39, 0.29) is 13.0 Å². The van der Waals surface area contributed by atoms with Crippen LogP contribution in [0, 0.1) is 0 Å². The second kappa shape index (κ2) is 7.58. The summed E-state index contributed by atoms with van der Waals surface area (Å²) < 4.78 is 4.51. The Morgan fingerprint density at radius 1 is 1.41 bits per heavy atom. The fraction of sp³-hybridized carbons (Fsp3) is 0.667. The first kappa shape index (κ1) is 15.3. The molecule has 0 rings (SSSR count). The number of carboxylic acid groups (broad SMARTS) is 1. The van der Waals surface area contributed by atoms with Gasteiger partial charge in [0.25, 0.3) is 0 Å². The van der Waals surface area contributed by atoms with Gasteiger partial charge < -0.3 is 26.0 Å². The Morgan fingerprint density at radius 2 is 2.00 bits per heavy atom. The van der Waals surface area contributed by atoms with Gasteiger partial charge in [-0.2, -0.15) is 0 Å². The maximum absolute atomic E-state index is 11.4. The van der Waals surface area contributed by atoms with Crippen molar-refractivity contribution in [1.82, 2.24) is 5.32 Å². The molecule has 0 saturated heterocycles. The Labute approximate surface area is 97.7 Å². The van der Waals surface area contributed by atoms with Gasteiger partial charge in [-0.05, 0) is 6.92 Å². The standard InChI is InChI=1S/C9H16N2O6/c1-2-17-9(16)6(10)7(13)11-5(3-4-12)8(14)15/h5-6,12H,2-4,10H2,1H3,(H,11,13)(H,14,15)/t5-,6?/m1/s1. The highest BCUT2D eigenvalue weighted by Gasteiger charge is 2.27. The molecular formula is C9H16N2O6. The maximum atomic E-state index is 11.4. The monoisotopic (exact) mass is 248 g/mol. The third-order valence-corrected chi connectivity index (χ3v) is 1.86. The Bertz CT molecular complexity index is 293. The van der Waals surface area contributed by atoms with E-state index in [1.165, 1.54) is 0 Å². The van der Waals surface area contributed by atoms with Crippen molar-refractivity contribution in [3.05, 3.63) is 0 Å². The molecule has 5 N–H and O–H groups in total. The minimum atomic E-state index is -1.57. The SMILES string of the molecule is CCOC(=O)C(N)C(=O)N[C@H](CCO)C(=O)O. The van der Waals surface area contributed by atoms with Crippen molar-refractivity contribution < 1.29 is 29.3 Å². The molecule has 0 heterocycles. The van der Waals surface area contributed by atoms with Crippen molar-refractivity contribution >= 4 is 17.8 Å². The fourth-order valence-electron chi connectivity index (χ4n) is 0.987. The van der Waals surface area contributed by atoms with Crippen LogP contribution in [0.1, 0.15) is 13.3 Å². The van der Waals surface area contributed by atoms with E-state index < -0.39 is 36.5 Å². The molecule has 0 saturated carbocycles. The van der Waals surface area contributed by atoms with Crippen LogP contribution in [0.2, 0.25) is 0 Å². The second-order valence-corrected chi connectivity index (χ2v) is 3.14. The van der Waals surface area contributed by atoms with Crippen molar-refractivity contribution in [2.75, 3.05) is 13.2 Å². The minimum absolute atomic E-state index is 0.0683. The number of aliphatic hydroxyl groups is 1. The normalized spacial score (nSPS) is 13.6. The van der Waals surface area contributed by atoms with Gasteiger partial charge in [-0.15, -0.1) is 0 Å². The first-order valence-electron chi connectivity index (χ1n) is 5.00. The molecule has 1 amide bonds. The molecule has 0 fully saturated rings. The van der Waals surface area contributed by atoms with Gasteiger partial charge in [0.1, 0.15) is 6.04 Å². The number of carboxylic acids is 1. The van der Waals surface area contributed by atoms with Gasteiger partial charge in [0.2, 0.25) is 5.91 Å². The Balaban J connectivity index is 4.39. The largest absolute Gasteiger partial charge is 0.480 e. The number of aliphatic hydroxyl groups excluding tert-OH is 1. The zero-order valence-corrected chi connectivity index (χ0v) is 9.38. The molecular weight excluding hydrogens is 232 g/mol. The molecule has 0 aliphatic rings. The lowest BCUT2D eigenvalue weighted by Crippen LogP contribution is -2.52. The smallest absolute Gasteiger partial charge is 0.332 e. The van der Waals surface area contributed by atoms with Crippen LogP contribution in [-0.2, 0) is 19.1 Å². The maximum Gasteiger partial charge on any atom is 0.332 e. The molecule has 0 aliphatic heterocycles. The van der Waals surface area contributed by atoms with E-state index in [0.717, 1.165) is 0 Å². The van der Waals surface area contributed by atoms with E-state index >= 15 is 0 Å². The molecule has 0 spiro atoms. The van der Waals surface area contributed by atoms with Crippen LogP contribution in [-0.4, -0.2) is 53.4 Å². The average molecular weight is 248 g/mol. The number of amides is 1. The molecule has 0 aliphatic carbocycles. The Morgan fingerprint density at radius 3 is 2.41 bits per heavy atom. The van der Waals surface area contributed by atoms with Crippen molar-refractivity contribution in [3.8, 4) is 0 Å². The summed E-state index contributed by atoms with van der Waals surface area (Å²) in [6, 6.07) is -2.86. The van der Waals surface area contributed by atoms with E-state index in [1.54, 1.807) is 6.92 Å². The molecule has 0 aromatic rings. The first-order chi connectivity index (χ1) is 7.93. The number of hydrogen-bond donors (Lipinski definition) is 4. The van der Waals surface area contributed by atoms with Crippen LogP contribution >= 0.6 is 0 Å². The molecule has 8 heteroatoms. The molecule has 17 heavy (non-hydrogen) atoms.